The first-order chi connectivity index (χ1) is 8.49. The minimum Gasteiger partial charge on any atom is -0.373 e. The highest BCUT2D eigenvalue weighted by molar-refractivity contribution is 6.61. The van der Waals surface area contributed by atoms with E-state index in [-0.39, 0.29) is 0 Å². The van der Waals surface area contributed by atoms with Crippen molar-refractivity contribution in [3.63, 3.8) is 0 Å². The summed E-state index contributed by atoms with van der Waals surface area (Å²) in [5.74, 6) is 0. The van der Waals surface area contributed by atoms with Gasteiger partial charge in [0.25, 0.3) is 0 Å². The Morgan fingerprint density at radius 2 is 1.44 bits per heavy atom. The normalized spacial score (nSPS) is 13.4. The Balaban J connectivity index is 4.64. The Hall–Kier alpha value is -0.273. The van der Waals surface area contributed by atoms with Crippen LogP contribution in [0.4, 0.5) is 0 Å². The van der Waals surface area contributed by atoms with Crippen LogP contribution in [0.1, 0.15) is 27.7 Å². The summed E-state index contributed by atoms with van der Waals surface area (Å²) < 4.78 is 17.2. The largest absolute Gasteiger partial charge is 0.523 e. The third-order valence-corrected chi connectivity index (χ3v) is 4.91. The standard InChI is InChI=1S/C12H28N2O3Si/c1-7-15-18(16-8-2,17-9-3)11-13-12(4)10-14(5)6/h7-11H2,1-6H3. The molecule has 108 valence electrons. The molecule has 0 heterocycles. The molecule has 0 saturated carbocycles. The lowest BCUT2D eigenvalue weighted by Gasteiger charge is -2.27. The second-order valence-electron chi connectivity index (χ2n) is 4.27. The first-order valence-electron chi connectivity index (χ1n) is 6.56. The van der Waals surface area contributed by atoms with Crippen molar-refractivity contribution in [3.8, 4) is 0 Å². The van der Waals surface area contributed by atoms with Gasteiger partial charge in [0, 0.05) is 32.1 Å². The fourth-order valence-electron chi connectivity index (χ4n) is 1.66. The molecule has 0 spiro atoms. The Kier molecular flexibility index (Phi) is 9.48. The topological polar surface area (TPSA) is 43.3 Å². The lowest BCUT2D eigenvalue weighted by molar-refractivity contribution is 0.0729. The van der Waals surface area contributed by atoms with Crippen molar-refractivity contribution in [1.29, 1.82) is 0 Å². The lowest BCUT2D eigenvalue weighted by atomic mass is 10.4. The zero-order valence-corrected chi connectivity index (χ0v) is 13.7. The summed E-state index contributed by atoms with van der Waals surface area (Å²) >= 11 is 0. The van der Waals surface area contributed by atoms with Gasteiger partial charge in [0.1, 0.15) is 6.17 Å². The molecule has 0 rings (SSSR count). The fourth-order valence-corrected chi connectivity index (χ4v) is 3.97. The van der Waals surface area contributed by atoms with E-state index in [9.17, 15) is 0 Å². The van der Waals surface area contributed by atoms with Crippen LogP contribution in [0.3, 0.4) is 0 Å². The average Bonchev–Trinajstić information content (AvgIpc) is 2.27. The average molecular weight is 276 g/mol. The van der Waals surface area contributed by atoms with Gasteiger partial charge >= 0.3 is 8.80 Å². The molecule has 0 N–H and O–H groups in total. The SMILES string of the molecule is CCO[Si](CN=C(C)CN(C)C)(OCC)OCC. The van der Waals surface area contributed by atoms with Crippen LogP contribution in [0.5, 0.6) is 0 Å². The Morgan fingerprint density at radius 3 is 1.78 bits per heavy atom. The van der Waals surface area contributed by atoms with Crippen LogP contribution < -0.4 is 0 Å². The predicted octanol–water partition coefficient (Wildman–Crippen LogP) is 1.60. The third kappa shape index (κ3) is 7.23. The summed E-state index contributed by atoms with van der Waals surface area (Å²) in [6.07, 6.45) is 0.502. The molecular formula is C12H28N2O3Si. The van der Waals surface area contributed by atoms with E-state index in [1.807, 2.05) is 41.8 Å². The van der Waals surface area contributed by atoms with Crippen LogP contribution >= 0.6 is 0 Å². The number of nitrogens with zero attached hydrogens (tertiary/aromatic N) is 2. The van der Waals surface area contributed by atoms with E-state index in [2.05, 4.69) is 9.89 Å². The Labute approximate surface area is 113 Å². The summed E-state index contributed by atoms with van der Waals surface area (Å²) in [5, 5.41) is 0. The van der Waals surface area contributed by atoms with E-state index in [0.29, 0.717) is 26.0 Å². The molecule has 0 aromatic rings. The maximum atomic E-state index is 5.74. The maximum absolute atomic E-state index is 5.74. The van der Waals surface area contributed by atoms with Gasteiger partial charge in [-0.2, -0.15) is 0 Å². The molecule has 0 fully saturated rings. The summed E-state index contributed by atoms with van der Waals surface area (Å²) in [4.78, 5) is 6.64. The molecule has 0 bridgehead atoms. The number of aliphatic imine (C=N–C) groups is 1. The zero-order valence-electron chi connectivity index (χ0n) is 12.7. The number of rotatable bonds is 10. The minimum atomic E-state index is -2.62. The van der Waals surface area contributed by atoms with Gasteiger partial charge < -0.3 is 18.2 Å². The van der Waals surface area contributed by atoms with E-state index >= 15 is 0 Å². The smallest absolute Gasteiger partial charge is 0.373 e. The van der Waals surface area contributed by atoms with Crippen LogP contribution in [0, 0.1) is 0 Å². The van der Waals surface area contributed by atoms with Gasteiger partial charge in [-0.25, -0.2) is 0 Å². The van der Waals surface area contributed by atoms with Gasteiger partial charge in [-0.1, -0.05) is 0 Å². The molecule has 0 amide bonds. The molecule has 0 aliphatic rings. The van der Waals surface area contributed by atoms with Crippen molar-refractivity contribution in [2.75, 3.05) is 46.6 Å². The van der Waals surface area contributed by atoms with Crippen molar-refractivity contribution in [1.82, 2.24) is 4.90 Å². The summed E-state index contributed by atoms with van der Waals surface area (Å²) in [7, 11) is 1.43. The highest BCUT2D eigenvalue weighted by Crippen LogP contribution is 2.11. The monoisotopic (exact) mass is 276 g/mol. The molecule has 6 heteroatoms. The highest BCUT2D eigenvalue weighted by atomic mass is 28.4. The summed E-state index contributed by atoms with van der Waals surface area (Å²) in [6.45, 7) is 10.5. The number of hydrogen-bond acceptors (Lipinski definition) is 5. The Morgan fingerprint density at radius 1 is 1.00 bits per heavy atom. The van der Waals surface area contributed by atoms with Crippen molar-refractivity contribution < 1.29 is 13.3 Å². The molecule has 5 nitrogen and oxygen atoms in total. The van der Waals surface area contributed by atoms with Gasteiger partial charge in [0.15, 0.2) is 0 Å². The lowest BCUT2D eigenvalue weighted by Crippen LogP contribution is -2.49. The first kappa shape index (κ1) is 17.7. The quantitative estimate of drug-likeness (QED) is 0.449. The molecular weight excluding hydrogens is 248 g/mol. The first-order valence-corrected chi connectivity index (χ1v) is 8.49. The maximum Gasteiger partial charge on any atom is 0.523 e. The molecule has 0 saturated heterocycles. The molecule has 0 aliphatic carbocycles. The molecule has 0 unspecified atom stereocenters. The van der Waals surface area contributed by atoms with Crippen molar-refractivity contribution in [2.45, 2.75) is 27.7 Å². The van der Waals surface area contributed by atoms with Gasteiger partial charge in [-0.05, 0) is 41.8 Å². The molecule has 0 atom stereocenters. The molecule has 0 radical (unpaired) electrons. The number of hydrogen-bond donors (Lipinski definition) is 0. The second-order valence-corrected chi connectivity index (χ2v) is 6.82. The fraction of sp³-hybridized carbons (Fsp3) is 0.917. The summed E-state index contributed by atoms with van der Waals surface area (Å²) in [5.41, 5.74) is 1.07. The highest BCUT2D eigenvalue weighted by Gasteiger charge is 2.40. The summed E-state index contributed by atoms with van der Waals surface area (Å²) in [6, 6.07) is 0. The zero-order chi connectivity index (χ0) is 14.0. The van der Waals surface area contributed by atoms with E-state index in [1.54, 1.807) is 0 Å². The van der Waals surface area contributed by atoms with E-state index in [0.717, 1.165) is 12.3 Å². The van der Waals surface area contributed by atoms with Crippen LogP contribution in [-0.2, 0) is 13.3 Å². The minimum absolute atomic E-state index is 0.502. The van der Waals surface area contributed by atoms with E-state index < -0.39 is 8.80 Å². The van der Waals surface area contributed by atoms with Gasteiger partial charge in [0.2, 0.25) is 0 Å². The predicted molar refractivity (Wildman–Crippen MR) is 77.2 cm³/mol. The van der Waals surface area contributed by atoms with Crippen molar-refractivity contribution in [3.05, 3.63) is 0 Å². The molecule has 18 heavy (non-hydrogen) atoms. The second kappa shape index (κ2) is 9.63. The van der Waals surface area contributed by atoms with Crippen LogP contribution in [0.25, 0.3) is 0 Å². The van der Waals surface area contributed by atoms with Crippen molar-refractivity contribution in [2.24, 2.45) is 4.99 Å². The third-order valence-electron chi connectivity index (χ3n) is 2.18. The van der Waals surface area contributed by atoms with E-state index in [4.69, 9.17) is 13.3 Å². The Bertz CT molecular complexity index is 230. The van der Waals surface area contributed by atoms with Gasteiger partial charge in [-0.3, -0.25) is 4.99 Å². The molecule has 0 aromatic carbocycles. The van der Waals surface area contributed by atoms with Crippen LogP contribution in [-0.4, -0.2) is 66.0 Å². The molecule has 0 aliphatic heterocycles. The van der Waals surface area contributed by atoms with E-state index in [1.165, 1.54) is 0 Å². The van der Waals surface area contributed by atoms with Crippen molar-refractivity contribution >= 4 is 14.5 Å². The van der Waals surface area contributed by atoms with Gasteiger partial charge in [0.05, 0.1) is 0 Å². The van der Waals surface area contributed by atoms with Gasteiger partial charge in [-0.15, -0.1) is 0 Å². The molecule has 0 aromatic heterocycles. The van der Waals surface area contributed by atoms with Crippen LogP contribution in [0.15, 0.2) is 4.99 Å². The van der Waals surface area contributed by atoms with Crippen LogP contribution in [0.2, 0.25) is 0 Å².